The third-order valence-corrected chi connectivity index (χ3v) is 7.53. The van der Waals surface area contributed by atoms with Crippen LogP contribution < -0.4 is 5.32 Å². The van der Waals surface area contributed by atoms with Gasteiger partial charge in [0.2, 0.25) is 11.9 Å². The first kappa shape index (κ1) is 23.0. The number of benzene rings is 1. The number of para-hydroxylation sites is 2. The van der Waals surface area contributed by atoms with Gasteiger partial charge in [-0.05, 0) is 62.6 Å². The molecule has 1 aliphatic rings. The Morgan fingerprint density at radius 1 is 1.11 bits per heavy atom. The molecule has 0 radical (unpaired) electrons. The van der Waals surface area contributed by atoms with Gasteiger partial charge in [-0.25, -0.2) is 4.98 Å². The van der Waals surface area contributed by atoms with E-state index in [1.165, 1.54) is 17.4 Å². The number of anilines is 1. The minimum atomic E-state index is -0.185. The van der Waals surface area contributed by atoms with E-state index in [-0.39, 0.29) is 17.9 Å². The lowest BCUT2D eigenvalue weighted by molar-refractivity contribution is -0.125. The van der Waals surface area contributed by atoms with E-state index in [0.717, 1.165) is 46.4 Å². The molecule has 4 heterocycles. The van der Waals surface area contributed by atoms with Crippen LogP contribution in [0.2, 0.25) is 0 Å². The van der Waals surface area contributed by atoms with Crippen LogP contribution >= 0.6 is 11.3 Å². The summed E-state index contributed by atoms with van der Waals surface area (Å²) in [5, 5.41) is 3.06. The molecular weight excluding hydrogens is 458 g/mol. The molecule has 178 valence electrons. The van der Waals surface area contributed by atoms with E-state index in [9.17, 15) is 9.59 Å². The normalized spacial score (nSPS) is 16.1. The average Bonchev–Trinajstić information content (AvgIpc) is 3.42. The number of carbonyl (C=O) groups is 2. The molecule has 1 atom stereocenters. The second kappa shape index (κ2) is 9.84. The van der Waals surface area contributed by atoms with E-state index < -0.39 is 0 Å². The van der Waals surface area contributed by atoms with Crippen LogP contribution in [0, 0.1) is 6.92 Å². The quantitative estimate of drug-likeness (QED) is 0.381. The predicted molar refractivity (Wildman–Crippen MR) is 140 cm³/mol. The highest BCUT2D eigenvalue weighted by molar-refractivity contribution is 7.17. The summed E-state index contributed by atoms with van der Waals surface area (Å²) in [5.41, 5.74) is 3.76. The van der Waals surface area contributed by atoms with E-state index in [2.05, 4.69) is 21.4 Å². The number of carbonyl (C=O) groups excluding carboxylic acids is 2. The van der Waals surface area contributed by atoms with E-state index in [0.29, 0.717) is 23.9 Å². The fourth-order valence-corrected chi connectivity index (χ4v) is 5.47. The van der Waals surface area contributed by atoms with Gasteiger partial charge in [-0.2, -0.15) is 0 Å². The standard InChI is InChI=1S/C27H27N5O2S/c1-3-25(33)31-15-6-7-20(14-16-31)32-22-9-5-4-8-21(22)29-27(32)30-26(34)24-13-12-23(35-24)19-11-10-18(2)28-17-19/h3-5,8-13,17,20H,1,6-7,14-16H2,2H3,(H,29,30,34)/t20-/m1/s1. The molecule has 7 nitrogen and oxygen atoms in total. The minimum Gasteiger partial charge on any atom is -0.339 e. The predicted octanol–water partition coefficient (Wildman–Crippen LogP) is 5.46. The minimum absolute atomic E-state index is 0.0352. The Hall–Kier alpha value is -3.78. The van der Waals surface area contributed by atoms with Crippen LogP contribution in [-0.4, -0.2) is 44.3 Å². The first-order valence-electron chi connectivity index (χ1n) is 11.8. The van der Waals surface area contributed by atoms with Gasteiger partial charge < -0.3 is 9.47 Å². The Morgan fingerprint density at radius 2 is 1.97 bits per heavy atom. The molecule has 1 aromatic carbocycles. The molecule has 0 aliphatic carbocycles. The molecule has 0 spiro atoms. The van der Waals surface area contributed by atoms with Gasteiger partial charge in [0, 0.05) is 41.5 Å². The number of hydrogen-bond acceptors (Lipinski definition) is 5. The molecular formula is C27H27N5O2S. The summed E-state index contributed by atoms with van der Waals surface area (Å²) in [6.45, 7) is 6.93. The summed E-state index contributed by atoms with van der Waals surface area (Å²) in [6.07, 6.45) is 5.76. The van der Waals surface area contributed by atoms with Crippen molar-refractivity contribution < 1.29 is 9.59 Å². The number of nitrogens with zero attached hydrogens (tertiary/aromatic N) is 4. The zero-order valence-corrected chi connectivity index (χ0v) is 20.4. The summed E-state index contributed by atoms with van der Waals surface area (Å²) < 4.78 is 2.13. The van der Waals surface area contributed by atoms with Crippen molar-refractivity contribution in [2.24, 2.45) is 0 Å². The monoisotopic (exact) mass is 485 g/mol. The molecule has 0 unspecified atom stereocenters. The second-order valence-corrected chi connectivity index (χ2v) is 9.80. The number of imidazole rings is 1. The molecule has 5 rings (SSSR count). The van der Waals surface area contributed by atoms with Crippen molar-refractivity contribution in [2.45, 2.75) is 32.2 Å². The molecule has 35 heavy (non-hydrogen) atoms. The van der Waals surface area contributed by atoms with E-state index in [1.54, 1.807) is 0 Å². The van der Waals surface area contributed by atoms with Crippen molar-refractivity contribution in [2.75, 3.05) is 18.4 Å². The van der Waals surface area contributed by atoms with Gasteiger partial charge in [0.25, 0.3) is 5.91 Å². The first-order chi connectivity index (χ1) is 17.0. The van der Waals surface area contributed by atoms with E-state index >= 15 is 0 Å². The lowest BCUT2D eigenvalue weighted by Gasteiger charge is -2.21. The largest absolute Gasteiger partial charge is 0.339 e. The van der Waals surface area contributed by atoms with Crippen molar-refractivity contribution >= 4 is 40.1 Å². The molecule has 2 amide bonds. The van der Waals surface area contributed by atoms with Crippen molar-refractivity contribution in [3.05, 3.63) is 78.0 Å². The smallest absolute Gasteiger partial charge is 0.268 e. The lowest BCUT2D eigenvalue weighted by Crippen LogP contribution is -2.30. The fraction of sp³-hybridized carbons (Fsp3) is 0.259. The number of likely N-dealkylation sites (tertiary alicyclic amines) is 1. The molecule has 4 aromatic rings. The summed E-state index contributed by atoms with van der Waals surface area (Å²) >= 11 is 1.43. The SMILES string of the molecule is C=CC(=O)N1CCC[C@@H](n2c(NC(=O)c3ccc(-c4ccc(C)nc4)s3)nc3ccccc32)CC1. The molecule has 0 saturated carbocycles. The number of thiophene rings is 1. The zero-order chi connectivity index (χ0) is 24.4. The van der Waals surface area contributed by atoms with Crippen LogP contribution in [0.3, 0.4) is 0 Å². The maximum Gasteiger partial charge on any atom is 0.268 e. The first-order valence-corrected chi connectivity index (χ1v) is 12.6. The summed E-state index contributed by atoms with van der Waals surface area (Å²) in [4.78, 5) is 37.9. The Kier molecular flexibility index (Phi) is 6.46. The molecule has 8 heteroatoms. The van der Waals surface area contributed by atoms with Crippen LogP contribution in [0.5, 0.6) is 0 Å². The highest BCUT2D eigenvalue weighted by Gasteiger charge is 2.25. The van der Waals surface area contributed by atoms with Gasteiger partial charge >= 0.3 is 0 Å². The highest BCUT2D eigenvalue weighted by Crippen LogP contribution is 2.33. The number of amides is 2. The molecule has 0 bridgehead atoms. The Labute approximate surface area is 208 Å². The number of rotatable bonds is 5. The number of nitrogens with one attached hydrogen (secondary N) is 1. The average molecular weight is 486 g/mol. The van der Waals surface area contributed by atoms with Gasteiger partial charge in [-0.1, -0.05) is 24.8 Å². The number of pyridine rings is 1. The van der Waals surface area contributed by atoms with Crippen molar-refractivity contribution in [1.82, 2.24) is 19.4 Å². The molecule has 1 aliphatic heterocycles. The summed E-state index contributed by atoms with van der Waals surface area (Å²) in [6, 6.07) is 15.8. The number of aryl methyl sites for hydroxylation is 1. The number of aromatic nitrogens is 3. The maximum absolute atomic E-state index is 13.2. The number of hydrogen-bond donors (Lipinski definition) is 1. The molecule has 1 saturated heterocycles. The van der Waals surface area contributed by atoms with Crippen LogP contribution in [-0.2, 0) is 4.79 Å². The highest BCUT2D eigenvalue weighted by atomic mass is 32.1. The number of fused-ring (bicyclic) bond motifs is 1. The third-order valence-electron chi connectivity index (χ3n) is 6.40. The Balaban J connectivity index is 1.41. The van der Waals surface area contributed by atoms with Crippen LogP contribution in [0.15, 0.2) is 67.4 Å². The van der Waals surface area contributed by atoms with Crippen molar-refractivity contribution in [1.29, 1.82) is 0 Å². The topological polar surface area (TPSA) is 80.1 Å². The maximum atomic E-state index is 13.2. The lowest BCUT2D eigenvalue weighted by atomic mass is 10.1. The Morgan fingerprint density at radius 3 is 2.77 bits per heavy atom. The zero-order valence-electron chi connectivity index (χ0n) is 19.6. The molecule has 1 fully saturated rings. The van der Waals surface area contributed by atoms with Gasteiger partial charge in [0.1, 0.15) is 0 Å². The van der Waals surface area contributed by atoms with Crippen LogP contribution in [0.4, 0.5) is 5.95 Å². The van der Waals surface area contributed by atoms with Gasteiger partial charge in [0.05, 0.1) is 15.9 Å². The van der Waals surface area contributed by atoms with Gasteiger partial charge in [-0.15, -0.1) is 11.3 Å². The summed E-state index contributed by atoms with van der Waals surface area (Å²) in [5.74, 6) is 0.318. The van der Waals surface area contributed by atoms with E-state index in [1.807, 2.05) is 66.6 Å². The summed E-state index contributed by atoms with van der Waals surface area (Å²) in [7, 11) is 0. The fourth-order valence-electron chi connectivity index (χ4n) is 4.58. The Bertz CT molecular complexity index is 1390. The van der Waals surface area contributed by atoms with Crippen LogP contribution in [0.25, 0.3) is 21.5 Å². The second-order valence-electron chi connectivity index (χ2n) is 8.71. The van der Waals surface area contributed by atoms with Crippen molar-refractivity contribution in [3.8, 4) is 10.4 Å². The van der Waals surface area contributed by atoms with E-state index in [4.69, 9.17) is 4.98 Å². The molecule has 1 N–H and O–H groups in total. The van der Waals surface area contributed by atoms with Crippen LogP contribution in [0.1, 0.15) is 40.7 Å². The molecule has 3 aromatic heterocycles. The van der Waals surface area contributed by atoms with Gasteiger partial charge in [0.15, 0.2) is 0 Å². The van der Waals surface area contributed by atoms with Gasteiger partial charge in [-0.3, -0.25) is 19.9 Å². The third kappa shape index (κ3) is 4.74. The van der Waals surface area contributed by atoms with Crippen molar-refractivity contribution in [3.63, 3.8) is 0 Å².